The predicted octanol–water partition coefficient (Wildman–Crippen LogP) is 3.27. The van der Waals surface area contributed by atoms with Crippen molar-refractivity contribution in [3.63, 3.8) is 0 Å². The molecule has 3 aliphatic heterocycles. The van der Waals surface area contributed by atoms with Gasteiger partial charge in [0.2, 0.25) is 0 Å². The number of hydrogen-bond donors (Lipinski definition) is 0. The molecule has 0 aliphatic carbocycles. The molecule has 0 unspecified atom stereocenters. The molecular weight excluding hydrogens is 933 g/mol. The normalized spacial score (nSPS) is 29.9. The maximum atomic E-state index is 12.7. The highest BCUT2D eigenvalue weighted by atomic mass is 32.2. The van der Waals surface area contributed by atoms with E-state index in [9.17, 15) is 33.6 Å². The minimum absolute atomic E-state index is 0.0394. The molecule has 0 radical (unpaired) electrons. The second-order valence-electron chi connectivity index (χ2n) is 16.2. The summed E-state index contributed by atoms with van der Waals surface area (Å²) in [6.45, 7) is 7.32. The molecule has 3 fully saturated rings. The van der Waals surface area contributed by atoms with Crippen molar-refractivity contribution < 1.29 is 99.9 Å². The summed E-state index contributed by atoms with van der Waals surface area (Å²) in [6.07, 6.45) is -16.0. The Balaban J connectivity index is 1.58. The third kappa shape index (κ3) is 16.7. The monoisotopic (exact) mass is 992 g/mol. The van der Waals surface area contributed by atoms with E-state index in [2.05, 4.69) is 0 Å². The Bertz CT molecular complexity index is 2020. The summed E-state index contributed by atoms with van der Waals surface area (Å²) in [5.74, 6) is -5.24. The molecule has 0 N–H and O–H groups in total. The highest BCUT2D eigenvalue weighted by molar-refractivity contribution is 7.99. The molecule has 21 nitrogen and oxygen atoms in total. The fourth-order valence-corrected chi connectivity index (χ4v) is 9.21. The Kier molecular flexibility index (Phi) is 21.2. The second-order valence-corrected chi connectivity index (χ2v) is 17.3. The number of carbonyl (C=O) groups excluding carboxylic acids is 7. The van der Waals surface area contributed by atoms with Crippen molar-refractivity contribution in [1.82, 2.24) is 0 Å². The summed E-state index contributed by atoms with van der Waals surface area (Å²) in [6, 6.07) is 18.6. The molecule has 3 aliphatic rings. The minimum atomic E-state index is -1.45. The molecule has 5 rings (SSSR count). The van der Waals surface area contributed by atoms with Crippen LogP contribution in [0.2, 0.25) is 0 Å². The van der Waals surface area contributed by atoms with Crippen LogP contribution >= 0.6 is 11.8 Å². The number of esters is 7. The van der Waals surface area contributed by atoms with Gasteiger partial charge in [-0.3, -0.25) is 33.6 Å². The van der Waals surface area contributed by atoms with Gasteiger partial charge >= 0.3 is 41.8 Å². The zero-order valence-corrected chi connectivity index (χ0v) is 40.4. The van der Waals surface area contributed by atoms with E-state index in [0.29, 0.717) is 0 Å². The van der Waals surface area contributed by atoms with Crippen molar-refractivity contribution in [2.45, 2.75) is 153 Å². The highest BCUT2D eigenvalue weighted by Crippen LogP contribution is 2.39. The SMILES string of the molecule is CO[C@H]1O[C@H](CS[C@@H]2O[C@H](COC(C)=O)[C@@H](OC(C)=O)[C@H](OC(C)=O)[C@H]2OC(C)=O)[C@@H](O[C@@H]2C[C@@H](OC(C)=O)[C@H](OC(C)=O)[C@@H](COC(C)=O)O2)[C@H](OCc2ccccc2)[C@H]1OCc1ccccc1. The standard InChI is InChI=1S/C47H60O21S/c1-25(48)56-22-35-39(61-28(4)51)34(60-27(3)50)19-38(65-35)68-41-37(66-46(55-8)44(59-21-33-17-13-10-14-18-33)42(41)58-20-32-15-11-9-12-16-32)24-69-47-45(64-31(7)54)43(63-30(6)53)40(62-29(5)52)36(67-47)23-57-26(2)49/h9-18,34-47H,19-24H2,1-8H3/t34-,35-,36-,37-,38-,39+,40-,41-,42+,43+,44-,45-,46+,47+/m1/s1. The average molecular weight is 993 g/mol. The lowest BCUT2D eigenvalue weighted by atomic mass is 9.97. The zero-order chi connectivity index (χ0) is 50.2. The van der Waals surface area contributed by atoms with Crippen LogP contribution in [0.4, 0.5) is 0 Å². The van der Waals surface area contributed by atoms with Crippen molar-refractivity contribution in [3.05, 3.63) is 71.8 Å². The van der Waals surface area contributed by atoms with Gasteiger partial charge in [0.05, 0.1) is 19.3 Å². The highest BCUT2D eigenvalue weighted by Gasteiger charge is 2.55. The van der Waals surface area contributed by atoms with E-state index >= 15 is 0 Å². The quantitative estimate of drug-likeness (QED) is 0.129. The van der Waals surface area contributed by atoms with Gasteiger partial charge < -0.3 is 66.3 Å². The lowest BCUT2D eigenvalue weighted by Crippen LogP contribution is -2.64. The average Bonchev–Trinajstić information content (AvgIpc) is 3.28. The smallest absolute Gasteiger partial charge is 0.303 e. The van der Waals surface area contributed by atoms with Crippen LogP contribution in [0.25, 0.3) is 0 Å². The molecule has 3 heterocycles. The first-order valence-electron chi connectivity index (χ1n) is 22.1. The molecule has 14 atom stereocenters. The molecule has 69 heavy (non-hydrogen) atoms. The molecule has 22 heteroatoms. The number of methoxy groups -OCH3 is 1. The third-order valence-electron chi connectivity index (χ3n) is 10.6. The fraction of sp³-hybridized carbons (Fsp3) is 0.596. The number of thioether (sulfide) groups is 1. The Hall–Kier alpha value is -5.20. The summed E-state index contributed by atoms with van der Waals surface area (Å²) in [4.78, 5) is 86.6. The summed E-state index contributed by atoms with van der Waals surface area (Å²) >= 11 is 1.02. The van der Waals surface area contributed by atoms with Crippen molar-refractivity contribution >= 4 is 53.5 Å². The van der Waals surface area contributed by atoms with Crippen LogP contribution in [0.5, 0.6) is 0 Å². The number of ether oxygens (including phenoxy) is 14. The van der Waals surface area contributed by atoms with Gasteiger partial charge in [0.25, 0.3) is 0 Å². The van der Waals surface area contributed by atoms with Gasteiger partial charge in [-0.25, -0.2) is 0 Å². The topological polar surface area (TPSA) is 249 Å². The number of hydrogen-bond acceptors (Lipinski definition) is 22. The minimum Gasteiger partial charge on any atom is -0.463 e. The van der Waals surface area contributed by atoms with E-state index in [1.54, 1.807) is 0 Å². The van der Waals surface area contributed by atoms with Crippen LogP contribution in [-0.4, -0.2) is 153 Å². The van der Waals surface area contributed by atoms with Gasteiger partial charge in [-0.15, -0.1) is 11.8 Å². The van der Waals surface area contributed by atoms with Gasteiger partial charge in [-0.2, -0.15) is 0 Å². The van der Waals surface area contributed by atoms with Gasteiger partial charge in [0, 0.05) is 67.7 Å². The van der Waals surface area contributed by atoms with Gasteiger partial charge in [0.15, 0.2) is 37.0 Å². The van der Waals surface area contributed by atoms with Crippen LogP contribution < -0.4 is 0 Å². The third-order valence-corrected chi connectivity index (χ3v) is 11.9. The number of carbonyl (C=O) groups is 7. The molecule has 0 bridgehead atoms. The number of benzene rings is 2. The first-order valence-corrected chi connectivity index (χ1v) is 23.2. The Morgan fingerprint density at radius 1 is 0.507 bits per heavy atom. The van der Waals surface area contributed by atoms with Crippen molar-refractivity contribution in [1.29, 1.82) is 0 Å². The summed E-state index contributed by atoms with van der Waals surface area (Å²) in [5, 5.41) is 0. The van der Waals surface area contributed by atoms with E-state index in [1.807, 2.05) is 60.7 Å². The van der Waals surface area contributed by atoms with Crippen LogP contribution in [-0.2, 0) is 113 Å². The summed E-state index contributed by atoms with van der Waals surface area (Å²) in [7, 11) is 1.42. The molecule has 2 aromatic carbocycles. The van der Waals surface area contributed by atoms with Crippen LogP contribution in [0.3, 0.4) is 0 Å². The molecule has 0 aromatic heterocycles. The molecule has 2 aromatic rings. The van der Waals surface area contributed by atoms with Crippen LogP contribution in [0.15, 0.2) is 60.7 Å². The first-order chi connectivity index (χ1) is 32.9. The van der Waals surface area contributed by atoms with Crippen molar-refractivity contribution in [2.24, 2.45) is 0 Å². The van der Waals surface area contributed by atoms with E-state index in [-0.39, 0.29) is 25.4 Å². The van der Waals surface area contributed by atoms with E-state index < -0.39 is 140 Å². The van der Waals surface area contributed by atoms with Gasteiger partial charge in [-0.05, 0) is 11.1 Å². The summed E-state index contributed by atoms with van der Waals surface area (Å²) < 4.78 is 84.4. The van der Waals surface area contributed by atoms with Crippen LogP contribution in [0, 0.1) is 0 Å². The van der Waals surface area contributed by atoms with Crippen molar-refractivity contribution in [3.8, 4) is 0 Å². The predicted molar refractivity (Wildman–Crippen MR) is 236 cm³/mol. The molecule has 380 valence electrons. The number of rotatable bonds is 21. The Labute approximate surface area is 403 Å². The van der Waals surface area contributed by atoms with Gasteiger partial charge in [-0.1, -0.05) is 60.7 Å². The zero-order valence-electron chi connectivity index (χ0n) is 39.6. The molecule has 3 saturated heterocycles. The first kappa shape index (κ1) is 54.7. The van der Waals surface area contributed by atoms with Gasteiger partial charge in [0.1, 0.15) is 55.3 Å². The van der Waals surface area contributed by atoms with E-state index in [0.717, 1.165) is 43.7 Å². The maximum Gasteiger partial charge on any atom is 0.303 e. The second kappa shape index (κ2) is 26.7. The Morgan fingerprint density at radius 3 is 1.49 bits per heavy atom. The molecular formula is C47H60O21S. The fourth-order valence-electron chi connectivity index (χ4n) is 7.94. The molecule has 0 spiro atoms. The van der Waals surface area contributed by atoms with Crippen LogP contribution in [0.1, 0.15) is 66.0 Å². The summed E-state index contributed by atoms with van der Waals surface area (Å²) in [5.41, 5.74) is 0.387. The van der Waals surface area contributed by atoms with Crippen molar-refractivity contribution in [2.75, 3.05) is 26.1 Å². The maximum absolute atomic E-state index is 12.7. The Morgan fingerprint density at radius 2 is 0.986 bits per heavy atom. The van der Waals surface area contributed by atoms with E-state index in [1.165, 1.54) is 34.8 Å². The molecule has 0 saturated carbocycles. The lowest BCUT2D eigenvalue weighted by molar-refractivity contribution is -0.346. The lowest BCUT2D eigenvalue weighted by Gasteiger charge is -2.48. The molecule has 0 amide bonds. The largest absolute Gasteiger partial charge is 0.463 e. The van der Waals surface area contributed by atoms with E-state index in [4.69, 9.17) is 66.3 Å².